The standard InChI is InChI=1S/C12H17N3OS/c1-15-6-3-9(4-7-15)16-11-8-14-5-2-10(11)12(13)17/h2,5,8-9H,3-4,6-7H2,1H3,(H2,13,17). The lowest BCUT2D eigenvalue weighted by molar-refractivity contribution is 0.114. The van der Waals surface area contributed by atoms with Gasteiger partial charge in [-0.2, -0.15) is 0 Å². The molecule has 17 heavy (non-hydrogen) atoms. The first kappa shape index (κ1) is 12.3. The smallest absolute Gasteiger partial charge is 0.148 e. The summed E-state index contributed by atoms with van der Waals surface area (Å²) in [7, 11) is 2.13. The Labute approximate surface area is 107 Å². The van der Waals surface area contributed by atoms with Crippen LogP contribution in [-0.2, 0) is 0 Å². The predicted molar refractivity (Wildman–Crippen MR) is 71.3 cm³/mol. The van der Waals surface area contributed by atoms with E-state index in [4.69, 9.17) is 22.7 Å². The summed E-state index contributed by atoms with van der Waals surface area (Å²) < 4.78 is 5.94. The normalized spacial score (nSPS) is 17.9. The number of nitrogens with two attached hydrogens (primary N) is 1. The highest BCUT2D eigenvalue weighted by Crippen LogP contribution is 2.21. The maximum absolute atomic E-state index is 5.94. The molecule has 1 aliphatic rings. The molecule has 2 heterocycles. The minimum absolute atomic E-state index is 0.239. The second kappa shape index (κ2) is 5.42. The van der Waals surface area contributed by atoms with Crippen LogP contribution in [0.2, 0.25) is 0 Å². The fourth-order valence-corrected chi connectivity index (χ4v) is 2.13. The highest BCUT2D eigenvalue weighted by Gasteiger charge is 2.19. The van der Waals surface area contributed by atoms with Gasteiger partial charge in [0.25, 0.3) is 0 Å². The van der Waals surface area contributed by atoms with E-state index in [0.717, 1.165) is 31.5 Å². The van der Waals surface area contributed by atoms with Gasteiger partial charge in [-0.15, -0.1) is 0 Å². The van der Waals surface area contributed by atoms with E-state index in [9.17, 15) is 0 Å². The Balaban J connectivity index is 2.05. The molecular formula is C12H17N3OS. The largest absolute Gasteiger partial charge is 0.488 e. The summed E-state index contributed by atoms with van der Waals surface area (Å²) in [5.74, 6) is 0.703. The first-order chi connectivity index (χ1) is 8.16. The van der Waals surface area contributed by atoms with Crippen LogP contribution in [0.25, 0.3) is 0 Å². The van der Waals surface area contributed by atoms with Crippen molar-refractivity contribution in [3.05, 3.63) is 24.0 Å². The van der Waals surface area contributed by atoms with Gasteiger partial charge in [-0.1, -0.05) is 12.2 Å². The predicted octanol–water partition coefficient (Wildman–Crippen LogP) is 1.19. The third kappa shape index (κ3) is 3.14. The van der Waals surface area contributed by atoms with Gasteiger partial charge < -0.3 is 15.4 Å². The molecule has 0 unspecified atom stereocenters. The van der Waals surface area contributed by atoms with Crippen molar-refractivity contribution in [3.8, 4) is 5.75 Å². The lowest BCUT2D eigenvalue weighted by Gasteiger charge is -2.29. The molecule has 1 aromatic heterocycles. The van der Waals surface area contributed by atoms with Gasteiger partial charge in [0.15, 0.2) is 0 Å². The highest BCUT2D eigenvalue weighted by molar-refractivity contribution is 7.80. The Morgan fingerprint density at radius 1 is 1.53 bits per heavy atom. The molecule has 0 atom stereocenters. The van der Waals surface area contributed by atoms with Crippen LogP contribution in [0.15, 0.2) is 18.5 Å². The van der Waals surface area contributed by atoms with Crippen LogP contribution >= 0.6 is 12.2 Å². The van der Waals surface area contributed by atoms with Crippen LogP contribution in [0.1, 0.15) is 18.4 Å². The van der Waals surface area contributed by atoms with Crippen molar-refractivity contribution in [1.82, 2.24) is 9.88 Å². The van der Waals surface area contributed by atoms with Gasteiger partial charge in [0.1, 0.15) is 16.8 Å². The second-order valence-corrected chi connectivity index (χ2v) is 4.80. The number of ether oxygens (including phenoxy) is 1. The molecule has 1 aromatic rings. The molecule has 1 aliphatic heterocycles. The molecule has 0 radical (unpaired) electrons. The van der Waals surface area contributed by atoms with Crippen molar-refractivity contribution in [2.75, 3.05) is 20.1 Å². The molecule has 4 nitrogen and oxygen atoms in total. The molecular weight excluding hydrogens is 234 g/mol. The zero-order valence-corrected chi connectivity index (χ0v) is 10.7. The number of thiocarbonyl (C=S) groups is 1. The van der Waals surface area contributed by atoms with Gasteiger partial charge in [0.05, 0.1) is 11.8 Å². The molecule has 5 heteroatoms. The number of nitrogens with zero attached hydrogens (tertiary/aromatic N) is 2. The van der Waals surface area contributed by atoms with Gasteiger partial charge >= 0.3 is 0 Å². The molecule has 0 amide bonds. The van der Waals surface area contributed by atoms with Crippen LogP contribution < -0.4 is 10.5 Å². The molecule has 0 aromatic carbocycles. The number of hydrogen-bond donors (Lipinski definition) is 1. The van der Waals surface area contributed by atoms with Crippen LogP contribution in [0.3, 0.4) is 0 Å². The first-order valence-electron chi connectivity index (χ1n) is 5.76. The van der Waals surface area contributed by atoms with E-state index in [2.05, 4.69) is 16.9 Å². The van der Waals surface area contributed by atoms with Crippen LogP contribution in [-0.4, -0.2) is 41.1 Å². The third-order valence-corrected chi connectivity index (χ3v) is 3.23. The van der Waals surface area contributed by atoms with Gasteiger partial charge in [-0.3, -0.25) is 4.98 Å². The number of aromatic nitrogens is 1. The fraction of sp³-hybridized carbons (Fsp3) is 0.500. The molecule has 0 bridgehead atoms. The summed E-state index contributed by atoms with van der Waals surface area (Å²) in [6.45, 7) is 2.13. The van der Waals surface area contributed by atoms with Crippen LogP contribution in [0.5, 0.6) is 5.75 Å². The van der Waals surface area contributed by atoms with E-state index in [1.807, 2.05) is 0 Å². The number of pyridine rings is 1. The third-order valence-electron chi connectivity index (χ3n) is 3.01. The lowest BCUT2D eigenvalue weighted by atomic mass is 10.1. The Kier molecular flexibility index (Phi) is 3.91. The van der Waals surface area contributed by atoms with E-state index in [0.29, 0.717) is 10.7 Å². The number of hydrogen-bond acceptors (Lipinski definition) is 4. The Morgan fingerprint density at radius 2 is 2.24 bits per heavy atom. The maximum Gasteiger partial charge on any atom is 0.148 e. The molecule has 0 aliphatic carbocycles. The minimum atomic E-state index is 0.239. The zero-order chi connectivity index (χ0) is 12.3. The second-order valence-electron chi connectivity index (χ2n) is 4.36. The molecule has 1 fully saturated rings. The van der Waals surface area contributed by atoms with Crippen molar-refractivity contribution in [3.63, 3.8) is 0 Å². The number of rotatable bonds is 3. The highest BCUT2D eigenvalue weighted by atomic mass is 32.1. The quantitative estimate of drug-likeness (QED) is 0.818. The minimum Gasteiger partial charge on any atom is -0.488 e. The van der Waals surface area contributed by atoms with E-state index < -0.39 is 0 Å². The molecule has 2 rings (SSSR count). The molecule has 1 saturated heterocycles. The van der Waals surface area contributed by atoms with Crippen molar-refractivity contribution in [2.24, 2.45) is 5.73 Å². The lowest BCUT2D eigenvalue weighted by Crippen LogP contribution is -2.36. The summed E-state index contributed by atoms with van der Waals surface area (Å²) in [6, 6.07) is 1.80. The van der Waals surface area contributed by atoms with Gasteiger partial charge in [0, 0.05) is 19.3 Å². The number of likely N-dealkylation sites (tertiary alicyclic amines) is 1. The fourth-order valence-electron chi connectivity index (χ4n) is 1.96. The van der Waals surface area contributed by atoms with E-state index >= 15 is 0 Å². The van der Waals surface area contributed by atoms with Crippen molar-refractivity contribution < 1.29 is 4.74 Å². The summed E-state index contributed by atoms with van der Waals surface area (Å²) >= 11 is 5.00. The average Bonchev–Trinajstić information content (AvgIpc) is 2.32. The monoisotopic (exact) mass is 251 g/mol. The Morgan fingerprint density at radius 3 is 2.88 bits per heavy atom. The summed E-state index contributed by atoms with van der Waals surface area (Å²) in [5.41, 5.74) is 6.43. The van der Waals surface area contributed by atoms with Gasteiger partial charge in [0.2, 0.25) is 0 Å². The van der Waals surface area contributed by atoms with Crippen molar-refractivity contribution >= 4 is 17.2 Å². The topological polar surface area (TPSA) is 51.4 Å². The zero-order valence-electron chi connectivity index (χ0n) is 9.93. The van der Waals surface area contributed by atoms with Gasteiger partial charge in [-0.25, -0.2) is 0 Å². The molecule has 0 saturated carbocycles. The molecule has 0 spiro atoms. The van der Waals surface area contributed by atoms with E-state index in [-0.39, 0.29) is 6.10 Å². The SMILES string of the molecule is CN1CCC(Oc2cnccc2C(N)=S)CC1. The van der Waals surface area contributed by atoms with Crippen molar-refractivity contribution in [1.29, 1.82) is 0 Å². The summed E-state index contributed by atoms with van der Waals surface area (Å²) in [4.78, 5) is 6.72. The first-order valence-corrected chi connectivity index (χ1v) is 6.16. The van der Waals surface area contributed by atoms with Crippen LogP contribution in [0, 0.1) is 0 Å². The summed E-state index contributed by atoms with van der Waals surface area (Å²) in [6.07, 6.45) is 5.66. The Hall–Kier alpha value is -1.20. The number of piperidine rings is 1. The van der Waals surface area contributed by atoms with Gasteiger partial charge in [-0.05, 0) is 26.0 Å². The Bertz CT molecular complexity index is 402. The molecule has 2 N–H and O–H groups in total. The van der Waals surface area contributed by atoms with E-state index in [1.54, 1.807) is 18.5 Å². The maximum atomic E-state index is 5.94. The summed E-state index contributed by atoms with van der Waals surface area (Å²) in [5, 5.41) is 0. The van der Waals surface area contributed by atoms with Crippen LogP contribution in [0.4, 0.5) is 0 Å². The van der Waals surface area contributed by atoms with E-state index in [1.165, 1.54) is 0 Å². The molecule has 92 valence electrons. The average molecular weight is 251 g/mol. The van der Waals surface area contributed by atoms with Crippen molar-refractivity contribution in [2.45, 2.75) is 18.9 Å².